The van der Waals surface area contributed by atoms with Gasteiger partial charge in [0.1, 0.15) is 12.1 Å². The van der Waals surface area contributed by atoms with Gasteiger partial charge in [-0.2, -0.15) is 0 Å². The summed E-state index contributed by atoms with van der Waals surface area (Å²) in [5.74, 6) is -1.04. The van der Waals surface area contributed by atoms with E-state index in [9.17, 15) is 9.59 Å². The lowest BCUT2D eigenvalue weighted by molar-refractivity contribution is -0.144. The molecule has 0 aliphatic heterocycles. The number of carbonyl (C=O) groups is 2. The molecule has 4 N–H and O–H groups in total. The predicted molar refractivity (Wildman–Crippen MR) is 72.9 cm³/mol. The second-order valence-corrected chi connectivity index (χ2v) is 4.48. The molecule has 0 bridgehead atoms. The van der Waals surface area contributed by atoms with E-state index in [-0.39, 0.29) is 19.6 Å². The number of ether oxygens (including phenoxy) is 1. The summed E-state index contributed by atoms with van der Waals surface area (Å²) in [6, 6.07) is 0. The second kappa shape index (κ2) is 9.38. The van der Waals surface area contributed by atoms with Crippen LogP contribution < -0.4 is 11.1 Å². The summed E-state index contributed by atoms with van der Waals surface area (Å²) in [5.41, 5.74) is 4.57. The van der Waals surface area contributed by atoms with Crippen molar-refractivity contribution in [3.8, 4) is 0 Å². The maximum Gasteiger partial charge on any atom is 0.407 e. The number of nitrogens with one attached hydrogen (secondary N) is 1. The summed E-state index contributed by atoms with van der Waals surface area (Å²) < 4.78 is 4.71. The molecule has 0 rings (SSSR count). The molecule has 0 radical (unpaired) electrons. The molecule has 6 heteroatoms. The van der Waals surface area contributed by atoms with Gasteiger partial charge >= 0.3 is 12.1 Å². The van der Waals surface area contributed by atoms with Crippen LogP contribution in [0.15, 0.2) is 12.7 Å². The molecule has 1 atom stereocenters. The average Bonchev–Trinajstić information content (AvgIpc) is 2.36. The van der Waals surface area contributed by atoms with Crippen molar-refractivity contribution in [3.63, 3.8) is 0 Å². The molecule has 0 aliphatic rings. The highest BCUT2D eigenvalue weighted by atomic mass is 16.5. The Hall–Kier alpha value is -1.56. The number of aliphatic carboxylic acids is 1. The summed E-state index contributed by atoms with van der Waals surface area (Å²) in [7, 11) is 0. The van der Waals surface area contributed by atoms with Crippen molar-refractivity contribution in [2.45, 2.75) is 44.6 Å². The first-order valence-electron chi connectivity index (χ1n) is 6.50. The van der Waals surface area contributed by atoms with Gasteiger partial charge in [-0.3, -0.25) is 4.79 Å². The maximum absolute atomic E-state index is 11.2. The third-order valence-corrected chi connectivity index (χ3v) is 2.83. The molecule has 0 aromatic carbocycles. The van der Waals surface area contributed by atoms with Crippen LogP contribution in [-0.2, 0) is 9.53 Å². The molecule has 1 unspecified atom stereocenters. The van der Waals surface area contributed by atoms with Gasteiger partial charge in [-0.05, 0) is 12.8 Å². The Bertz CT molecular complexity index is 307. The van der Waals surface area contributed by atoms with Gasteiger partial charge in [0.05, 0.1) is 0 Å². The Morgan fingerprint density at radius 2 is 2.11 bits per heavy atom. The number of rotatable bonds is 10. The number of carbonyl (C=O) groups excluding carboxylic acids is 1. The first kappa shape index (κ1) is 17.4. The topological polar surface area (TPSA) is 102 Å². The Labute approximate surface area is 114 Å². The molecule has 0 heterocycles. The smallest absolute Gasteiger partial charge is 0.407 e. The van der Waals surface area contributed by atoms with Crippen LogP contribution in [0, 0.1) is 0 Å². The third kappa shape index (κ3) is 7.46. The number of amides is 1. The Balaban J connectivity index is 4.09. The first-order chi connectivity index (χ1) is 8.96. The monoisotopic (exact) mass is 272 g/mol. The molecule has 0 saturated heterocycles. The Morgan fingerprint density at radius 3 is 2.63 bits per heavy atom. The molecule has 1 amide bonds. The van der Waals surface area contributed by atoms with E-state index < -0.39 is 17.6 Å². The Kier molecular flexibility index (Phi) is 8.61. The van der Waals surface area contributed by atoms with E-state index >= 15 is 0 Å². The standard InChI is InChI=1S/C13H24N2O4/c1-3-5-6-7-13(14,11(16)17)8-9-15-12(18)19-10-4-2/h4H,2-3,5-10,14H2,1H3,(H,15,18)(H,16,17). The number of carboxylic acids is 1. The normalized spacial score (nSPS) is 13.4. The van der Waals surface area contributed by atoms with E-state index in [1.807, 2.05) is 6.92 Å². The third-order valence-electron chi connectivity index (χ3n) is 2.83. The molecule has 0 aromatic heterocycles. The number of alkyl carbamates (subject to hydrolysis) is 1. The number of hydrogen-bond donors (Lipinski definition) is 3. The van der Waals surface area contributed by atoms with Crippen LogP contribution in [-0.4, -0.2) is 35.9 Å². The summed E-state index contributed by atoms with van der Waals surface area (Å²) >= 11 is 0. The molecule has 0 saturated carbocycles. The number of carboxylic acid groups (broad SMARTS) is 1. The van der Waals surface area contributed by atoms with Crippen molar-refractivity contribution in [1.82, 2.24) is 5.32 Å². The first-order valence-corrected chi connectivity index (χ1v) is 6.50. The molecule has 0 spiro atoms. The van der Waals surface area contributed by atoms with Crippen LogP contribution in [0.25, 0.3) is 0 Å². The van der Waals surface area contributed by atoms with Crippen molar-refractivity contribution >= 4 is 12.1 Å². The molecule has 19 heavy (non-hydrogen) atoms. The van der Waals surface area contributed by atoms with Crippen molar-refractivity contribution < 1.29 is 19.4 Å². The molecule has 0 aliphatic carbocycles. The minimum absolute atomic E-state index is 0.120. The second-order valence-electron chi connectivity index (χ2n) is 4.48. The van der Waals surface area contributed by atoms with Gasteiger partial charge in [0, 0.05) is 6.54 Å². The molecular weight excluding hydrogens is 248 g/mol. The van der Waals surface area contributed by atoms with Gasteiger partial charge in [-0.25, -0.2) is 4.79 Å². The molecule has 0 aromatic rings. The minimum atomic E-state index is -1.29. The van der Waals surface area contributed by atoms with E-state index in [2.05, 4.69) is 11.9 Å². The van der Waals surface area contributed by atoms with Gasteiger partial charge < -0.3 is 20.9 Å². The van der Waals surface area contributed by atoms with E-state index in [4.69, 9.17) is 15.6 Å². The van der Waals surface area contributed by atoms with Gasteiger partial charge in [-0.15, -0.1) is 0 Å². The van der Waals surface area contributed by atoms with Gasteiger partial charge in [0.2, 0.25) is 0 Å². The van der Waals surface area contributed by atoms with Crippen LogP contribution >= 0.6 is 0 Å². The number of unbranched alkanes of at least 4 members (excludes halogenated alkanes) is 2. The highest BCUT2D eigenvalue weighted by Gasteiger charge is 2.32. The van der Waals surface area contributed by atoms with Crippen LogP contribution in [0.5, 0.6) is 0 Å². The van der Waals surface area contributed by atoms with Crippen molar-refractivity contribution in [2.75, 3.05) is 13.2 Å². The summed E-state index contributed by atoms with van der Waals surface area (Å²) in [4.78, 5) is 22.3. The fourth-order valence-corrected chi connectivity index (χ4v) is 1.60. The predicted octanol–water partition coefficient (Wildman–Crippen LogP) is 1.65. The van der Waals surface area contributed by atoms with Gasteiger partial charge in [0.25, 0.3) is 0 Å². The minimum Gasteiger partial charge on any atom is -0.480 e. The van der Waals surface area contributed by atoms with E-state index in [0.717, 1.165) is 19.3 Å². The quantitative estimate of drug-likeness (QED) is 0.414. The zero-order chi connectivity index (χ0) is 14.7. The van der Waals surface area contributed by atoms with Crippen molar-refractivity contribution in [1.29, 1.82) is 0 Å². The summed E-state index contributed by atoms with van der Waals surface area (Å²) in [6.07, 6.45) is 4.15. The average molecular weight is 272 g/mol. The molecule has 0 fully saturated rings. The summed E-state index contributed by atoms with van der Waals surface area (Å²) in [5, 5.41) is 11.6. The van der Waals surface area contributed by atoms with E-state index in [0.29, 0.717) is 6.42 Å². The van der Waals surface area contributed by atoms with E-state index in [1.165, 1.54) is 6.08 Å². The summed E-state index contributed by atoms with van der Waals surface area (Å²) in [6.45, 7) is 5.74. The highest BCUT2D eigenvalue weighted by molar-refractivity contribution is 5.78. The maximum atomic E-state index is 11.2. The molecule has 6 nitrogen and oxygen atoms in total. The lowest BCUT2D eigenvalue weighted by atomic mass is 9.90. The SMILES string of the molecule is C=CCOC(=O)NCCC(N)(CCCCC)C(=O)O. The van der Waals surface area contributed by atoms with Crippen LogP contribution in [0.3, 0.4) is 0 Å². The van der Waals surface area contributed by atoms with Crippen LogP contribution in [0.1, 0.15) is 39.0 Å². The fraction of sp³-hybridized carbons (Fsp3) is 0.692. The van der Waals surface area contributed by atoms with E-state index in [1.54, 1.807) is 0 Å². The molecular formula is C13H24N2O4. The van der Waals surface area contributed by atoms with Crippen molar-refractivity contribution in [2.24, 2.45) is 5.73 Å². The van der Waals surface area contributed by atoms with Crippen LogP contribution in [0.2, 0.25) is 0 Å². The Morgan fingerprint density at radius 1 is 1.42 bits per heavy atom. The fourth-order valence-electron chi connectivity index (χ4n) is 1.60. The largest absolute Gasteiger partial charge is 0.480 e. The highest BCUT2D eigenvalue weighted by Crippen LogP contribution is 2.16. The zero-order valence-corrected chi connectivity index (χ0v) is 11.5. The zero-order valence-electron chi connectivity index (χ0n) is 11.5. The number of nitrogens with two attached hydrogens (primary N) is 1. The van der Waals surface area contributed by atoms with Crippen LogP contribution in [0.4, 0.5) is 4.79 Å². The molecule has 110 valence electrons. The van der Waals surface area contributed by atoms with Gasteiger partial charge in [-0.1, -0.05) is 38.8 Å². The van der Waals surface area contributed by atoms with Gasteiger partial charge in [0.15, 0.2) is 0 Å². The lowest BCUT2D eigenvalue weighted by Crippen LogP contribution is -2.50. The number of hydrogen-bond acceptors (Lipinski definition) is 4. The van der Waals surface area contributed by atoms with Crippen molar-refractivity contribution in [3.05, 3.63) is 12.7 Å². The lowest BCUT2D eigenvalue weighted by Gasteiger charge is -2.24.